The third kappa shape index (κ3) is 2.90. The van der Waals surface area contributed by atoms with E-state index in [-0.39, 0.29) is 5.56 Å². The van der Waals surface area contributed by atoms with E-state index in [1.165, 1.54) is 0 Å². The molecule has 25 heavy (non-hydrogen) atoms. The highest BCUT2D eigenvalue weighted by Gasteiger charge is 2.09. The zero-order valence-electron chi connectivity index (χ0n) is 13.8. The van der Waals surface area contributed by atoms with Crippen LogP contribution in [0.2, 0.25) is 0 Å². The van der Waals surface area contributed by atoms with Gasteiger partial charge in [-0.05, 0) is 24.3 Å². The van der Waals surface area contributed by atoms with Crippen molar-refractivity contribution in [1.29, 1.82) is 0 Å². The minimum atomic E-state index is -0.0680. The highest BCUT2D eigenvalue weighted by molar-refractivity contribution is 5.85. The van der Waals surface area contributed by atoms with Crippen molar-refractivity contribution in [3.05, 3.63) is 89.3 Å². The van der Waals surface area contributed by atoms with Gasteiger partial charge in [-0.25, -0.2) is 0 Å². The molecule has 4 heteroatoms. The van der Waals surface area contributed by atoms with Gasteiger partial charge in [0.2, 0.25) is 0 Å². The lowest BCUT2D eigenvalue weighted by Gasteiger charge is -2.11. The fraction of sp³-hybridized carbons (Fsp3) is 0.0476. The summed E-state index contributed by atoms with van der Waals surface area (Å²) in [6, 6.07) is 23.4. The molecule has 2 aromatic carbocycles. The molecule has 0 atom stereocenters. The molecule has 122 valence electrons. The van der Waals surface area contributed by atoms with Crippen molar-refractivity contribution in [2.75, 3.05) is 5.32 Å². The molecule has 0 radical (unpaired) electrons. The van der Waals surface area contributed by atoms with E-state index in [0.29, 0.717) is 5.69 Å². The predicted octanol–water partition coefficient (Wildman–Crippen LogP) is 4.34. The van der Waals surface area contributed by atoms with Gasteiger partial charge in [-0.15, -0.1) is 0 Å². The minimum absolute atomic E-state index is 0.0680. The number of benzene rings is 2. The Kier molecular flexibility index (Phi) is 3.78. The second-order valence-electron chi connectivity index (χ2n) is 5.91. The summed E-state index contributed by atoms with van der Waals surface area (Å²) in [7, 11) is 1.79. The van der Waals surface area contributed by atoms with Crippen LogP contribution in [0.3, 0.4) is 0 Å². The van der Waals surface area contributed by atoms with Crippen molar-refractivity contribution < 1.29 is 0 Å². The Hall–Kier alpha value is -3.40. The van der Waals surface area contributed by atoms with E-state index in [0.717, 1.165) is 27.8 Å². The van der Waals surface area contributed by atoms with Gasteiger partial charge in [0.15, 0.2) is 0 Å². The predicted molar refractivity (Wildman–Crippen MR) is 102 cm³/mol. The number of aromatic nitrogens is 2. The number of nitrogens with zero attached hydrogens (tertiary/aromatic N) is 2. The van der Waals surface area contributed by atoms with Crippen LogP contribution in [0.4, 0.5) is 11.4 Å². The molecule has 4 nitrogen and oxygen atoms in total. The van der Waals surface area contributed by atoms with E-state index in [2.05, 4.69) is 10.3 Å². The van der Waals surface area contributed by atoms with Gasteiger partial charge in [-0.3, -0.25) is 9.78 Å². The van der Waals surface area contributed by atoms with E-state index in [1.54, 1.807) is 11.6 Å². The molecule has 0 aliphatic rings. The van der Waals surface area contributed by atoms with Crippen LogP contribution >= 0.6 is 0 Å². The third-order valence-electron chi connectivity index (χ3n) is 4.23. The molecule has 0 aliphatic carbocycles. The van der Waals surface area contributed by atoms with Crippen LogP contribution in [0.1, 0.15) is 0 Å². The minimum Gasteiger partial charge on any atom is -0.351 e. The maximum Gasteiger partial charge on any atom is 0.274 e. The molecule has 0 bridgehead atoms. The normalized spacial score (nSPS) is 10.8. The van der Waals surface area contributed by atoms with Gasteiger partial charge in [-0.2, -0.15) is 0 Å². The molecule has 1 N–H and O–H groups in total. The maximum atomic E-state index is 12.7. The molecule has 0 saturated heterocycles. The standard InChI is InChI=1S/C21H17N3O/c1-24-20-13-18(15-8-4-2-5-9-15)22-14-16(20)12-19(21(24)25)23-17-10-6-3-7-11-17/h2-14,23H,1H3. The van der Waals surface area contributed by atoms with Crippen LogP contribution in [0.15, 0.2) is 83.8 Å². The Morgan fingerprint density at radius 1 is 0.920 bits per heavy atom. The van der Waals surface area contributed by atoms with Gasteiger partial charge in [-0.1, -0.05) is 48.5 Å². The molecule has 0 aliphatic heterocycles. The molecular weight excluding hydrogens is 310 g/mol. The quantitative estimate of drug-likeness (QED) is 0.609. The van der Waals surface area contributed by atoms with Crippen LogP contribution in [-0.2, 0) is 7.05 Å². The first-order valence-electron chi connectivity index (χ1n) is 8.10. The fourth-order valence-electron chi connectivity index (χ4n) is 2.90. The molecule has 4 aromatic rings. The molecule has 0 spiro atoms. The van der Waals surface area contributed by atoms with Crippen LogP contribution in [0.5, 0.6) is 0 Å². The molecule has 2 aromatic heterocycles. The number of pyridine rings is 2. The summed E-state index contributed by atoms with van der Waals surface area (Å²) in [6.45, 7) is 0. The first-order chi connectivity index (χ1) is 12.2. The third-order valence-corrected chi connectivity index (χ3v) is 4.23. The maximum absolute atomic E-state index is 12.7. The first kappa shape index (κ1) is 15.1. The Morgan fingerprint density at radius 2 is 1.60 bits per heavy atom. The molecule has 4 rings (SSSR count). The Morgan fingerprint density at radius 3 is 2.32 bits per heavy atom. The molecular formula is C21H17N3O. The van der Waals surface area contributed by atoms with Crippen molar-refractivity contribution in [2.24, 2.45) is 7.05 Å². The number of nitrogens with one attached hydrogen (secondary N) is 1. The number of fused-ring (bicyclic) bond motifs is 1. The Balaban J connectivity index is 1.82. The number of hydrogen-bond acceptors (Lipinski definition) is 3. The highest BCUT2D eigenvalue weighted by atomic mass is 16.1. The molecule has 0 fully saturated rings. The average molecular weight is 327 g/mol. The number of rotatable bonds is 3. The van der Waals surface area contributed by atoms with Gasteiger partial charge in [0.1, 0.15) is 5.69 Å². The molecule has 0 amide bonds. The highest BCUT2D eigenvalue weighted by Crippen LogP contribution is 2.23. The number of anilines is 2. The smallest absolute Gasteiger partial charge is 0.274 e. The summed E-state index contributed by atoms with van der Waals surface area (Å²) in [6.07, 6.45) is 1.81. The van der Waals surface area contributed by atoms with E-state index in [1.807, 2.05) is 79.0 Å². The van der Waals surface area contributed by atoms with Gasteiger partial charge in [0.05, 0.1) is 11.2 Å². The van der Waals surface area contributed by atoms with Crippen molar-refractivity contribution in [3.63, 3.8) is 0 Å². The van der Waals surface area contributed by atoms with Crippen molar-refractivity contribution in [2.45, 2.75) is 0 Å². The summed E-state index contributed by atoms with van der Waals surface area (Å²) in [5, 5.41) is 4.11. The number of hydrogen-bond donors (Lipinski definition) is 1. The van der Waals surface area contributed by atoms with Crippen LogP contribution in [-0.4, -0.2) is 9.55 Å². The van der Waals surface area contributed by atoms with Gasteiger partial charge >= 0.3 is 0 Å². The van der Waals surface area contributed by atoms with E-state index in [9.17, 15) is 4.79 Å². The average Bonchev–Trinajstić information content (AvgIpc) is 2.67. The Labute approximate surface area is 145 Å². The van der Waals surface area contributed by atoms with E-state index < -0.39 is 0 Å². The van der Waals surface area contributed by atoms with Crippen LogP contribution in [0.25, 0.3) is 22.2 Å². The summed E-state index contributed by atoms with van der Waals surface area (Å²) in [5.41, 5.74) is 4.09. The fourth-order valence-corrected chi connectivity index (χ4v) is 2.90. The van der Waals surface area contributed by atoms with Crippen molar-refractivity contribution >= 4 is 22.3 Å². The lowest BCUT2D eigenvalue weighted by molar-refractivity contribution is 0.907. The summed E-state index contributed by atoms with van der Waals surface area (Å²) < 4.78 is 1.66. The largest absolute Gasteiger partial charge is 0.351 e. The zero-order chi connectivity index (χ0) is 17.2. The van der Waals surface area contributed by atoms with Gasteiger partial charge in [0, 0.05) is 29.9 Å². The molecule has 0 unspecified atom stereocenters. The Bertz CT molecular complexity index is 1090. The number of aryl methyl sites for hydroxylation is 1. The summed E-state index contributed by atoms with van der Waals surface area (Å²) in [5.74, 6) is 0. The second kappa shape index (κ2) is 6.24. The van der Waals surface area contributed by atoms with E-state index >= 15 is 0 Å². The monoisotopic (exact) mass is 327 g/mol. The van der Waals surface area contributed by atoms with Crippen molar-refractivity contribution in [3.8, 4) is 11.3 Å². The van der Waals surface area contributed by atoms with Crippen LogP contribution in [0, 0.1) is 0 Å². The second-order valence-corrected chi connectivity index (χ2v) is 5.91. The number of para-hydroxylation sites is 1. The summed E-state index contributed by atoms with van der Waals surface area (Å²) in [4.78, 5) is 17.3. The van der Waals surface area contributed by atoms with Gasteiger partial charge < -0.3 is 9.88 Å². The van der Waals surface area contributed by atoms with Crippen LogP contribution < -0.4 is 10.9 Å². The SMILES string of the molecule is Cn1c(=O)c(Nc2ccccc2)cc2cnc(-c3ccccc3)cc21. The summed E-state index contributed by atoms with van der Waals surface area (Å²) >= 11 is 0. The zero-order valence-corrected chi connectivity index (χ0v) is 13.8. The van der Waals surface area contributed by atoms with Crippen molar-refractivity contribution in [1.82, 2.24) is 9.55 Å². The lowest BCUT2D eigenvalue weighted by atomic mass is 10.1. The van der Waals surface area contributed by atoms with Gasteiger partial charge in [0.25, 0.3) is 5.56 Å². The first-order valence-corrected chi connectivity index (χ1v) is 8.10. The topological polar surface area (TPSA) is 46.9 Å². The van der Waals surface area contributed by atoms with E-state index in [4.69, 9.17) is 0 Å². The molecule has 2 heterocycles. The molecule has 0 saturated carbocycles. The lowest BCUT2D eigenvalue weighted by Crippen LogP contribution is -2.20.